The Labute approximate surface area is 146 Å². The van der Waals surface area contributed by atoms with Crippen LogP contribution in [0.4, 0.5) is 0 Å². The summed E-state index contributed by atoms with van der Waals surface area (Å²) in [6.45, 7) is 4.22. The number of H-pyrrole nitrogens is 1. The molecular weight excluding hydrogens is 318 g/mol. The highest BCUT2D eigenvalue weighted by Crippen LogP contribution is 2.40. The van der Waals surface area contributed by atoms with Crippen molar-refractivity contribution in [2.75, 3.05) is 28.4 Å². The zero-order valence-corrected chi connectivity index (χ0v) is 14.8. The molecule has 0 radical (unpaired) electrons. The number of benzene rings is 2. The smallest absolute Gasteiger partial charge is 0.203 e. The van der Waals surface area contributed by atoms with Crippen LogP contribution < -0.4 is 18.9 Å². The van der Waals surface area contributed by atoms with Crippen molar-refractivity contribution in [3.05, 3.63) is 54.2 Å². The summed E-state index contributed by atoms with van der Waals surface area (Å²) >= 11 is 0. The Bertz CT molecular complexity index is 902. The molecule has 0 bridgehead atoms. The number of rotatable bonds is 6. The molecule has 0 fully saturated rings. The van der Waals surface area contributed by atoms with Crippen LogP contribution in [0.1, 0.15) is 11.3 Å². The maximum atomic E-state index is 5.42. The summed E-state index contributed by atoms with van der Waals surface area (Å²) in [6, 6.07) is 11.7. The lowest BCUT2D eigenvalue weighted by molar-refractivity contribution is 0.324. The van der Waals surface area contributed by atoms with Gasteiger partial charge in [0.1, 0.15) is 5.75 Å². The van der Waals surface area contributed by atoms with Crippen LogP contribution in [0, 0.1) is 0 Å². The van der Waals surface area contributed by atoms with Crippen molar-refractivity contribution in [3.8, 4) is 23.0 Å². The number of aromatic amines is 1. The first-order valence-electron chi connectivity index (χ1n) is 7.77. The molecule has 0 atom stereocenters. The molecular formula is C20H21NO4. The lowest BCUT2D eigenvalue weighted by Gasteiger charge is -2.14. The molecule has 0 unspecified atom stereocenters. The molecule has 1 heterocycles. The number of methoxy groups -OCH3 is 4. The van der Waals surface area contributed by atoms with Gasteiger partial charge in [0, 0.05) is 16.6 Å². The van der Waals surface area contributed by atoms with Gasteiger partial charge in [0.05, 0.1) is 28.4 Å². The third-order valence-corrected chi connectivity index (χ3v) is 4.17. The van der Waals surface area contributed by atoms with Gasteiger partial charge in [0.15, 0.2) is 11.5 Å². The lowest BCUT2D eigenvalue weighted by atomic mass is 10.0. The Morgan fingerprint density at radius 1 is 0.840 bits per heavy atom. The second kappa shape index (κ2) is 6.81. The molecule has 0 aliphatic carbocycles. The molecule has 0 saturated carbocycles. The van der Waals surface area contributed by atoms with Crippen molar-refractivity contribution in [1.29, 1.82) is 0 Å². The van der Waals surface area contributed by atoms with Crippen LogP contribution >= 0.6 is 0 Å². The third-order valence-electron chi connectivity index (χ3n) is 4.17. The van der Waals surface area contributed by atoms with E-state index in [0.717, 1.165) is 33.5 Å². The monoisotopic (exact) mass is 339 g/mol. The van der Waals surface area contributed by atoms with Crippen LogP contribution in [0.15, 0.2) is 43.0 Å². The summed E-state index contributed by atoms with van der Waals surface area (Å²) in [6.07, 6.45) is 0. The quantitative estimate of drug-likeness (QED) is 0.729. The highest BCUT2D eigenvalue weighted by atomic mass is 16.5. The molecule has 130 valence electrons. The first kappa shape index (κ1) is 16.8. The third kappa shape index (κ3) is 3.01. The molecule has 3 aromatic rings. The molecule has 0 amide bonds. The highest BCUT2D eigenvalue weighted by Gasteiger charge is 2.16. The predicted molar refractivity (Wildman–Crippen MR) is 99.1 cm³/mol. The second-order valence-corrected chi connectivity index (χ2v) is 5.53. The highest BCUT2D eigenvalue weighted by molar-refractivity contribution is 5.89. The average Bonchev–Trinajstić information content (AvgIpc) is 3.08. The normalized spacial score (nSPS) is 10.6. The summed E-state index contributed by atoms with van der Waals surface area (Å²) in [7, 11) is 6.43. The van der Waals surface area contributed by atoms with Gasteiger partial charge in [-0.15, -0.1) is 0 Å². The standard InChI is InChI=1S/C20H21NO4/c1-12(13-10-18(23-3)20(25-5)19(11-13)24-4)17-9-14-8-15(22-2)6-7-16(14)21-17/h6-11,21H,1H2,2-5H3. The van der Waals surface area contributed by atoms with E-state index in [1.54, 1.807) is 28.4 Å². The summed E-state index contributed by atoms with van der Waals surface area (Å²) in [5, 5.41) is 1.06. The molecule has 1 aromatic heterocycles. The Morgan fingerprint density at radius 2 is 1.52 bits per heavy atom. The van der Waals surface area contributed by atoms with E-state index in [0.29, 0.717) is 17.2 Å². The molecule has 0 saturated heterocycles. The largest absolute Gasteiger partial charge is 0.497 e. The van der Waals surface area contributed by atoms with Crippen LogP contribution in [0.3, 0.4) is 0 Å². The number of hydrogen-bond donors (Lipinski definition) is 1. The van der Waals surface area contributed by atoms with Crippen LogP contribution in [-0.2, 0) is 0 Å². The average molecular weight is 339 g/mol. The van der Waals surface area contributed by atoms with Crippen LogP contribution in [0.5, 0.6) is 23.0 Å². The molecule has 2 aromatic carbocycles. The van der Waals surface area contributed by atoms with Crippen molar-refractivity contribution in [1.82, 2.24) is 4.98 Å². The fraction of sp³-hybridized carbons (Fsp3) is 0.200. The molecule has 5 heteroatoms. The fourth-order valence-electron chi connectivity index (χ4n) is 2.81. The van der Waals surface area contributed by atoms with Crippen molar-refractivity contribution in [2.24, 2.45) is 0 Å². The van der Waals surface area contributed by atoms with Gasteiger partial charge in [-0.25, -0.2) is 0 Å². The number of nitrogens with one attached hydrogen (secondary N) is 1. The maximum absolute atomic E-state index is 5.42. The van der Waals surface area contributed by atoms with E-state index in [-0.39, 0.29) is 0 Å². The molecule has 0 aliphatic rings. The van der Waals surface area contributed by atoms with Crippen LogP contribution in [0.25, 0.3) is 16.5 Å². The first-order valence-corrected chi connectivity index (χ1v) is 7.77. The van der Waals surface area contributed by atoms with E-state index < -0.39 is 0 Å². The molecule has 1 N–H and O–H groups in total. The van der Waals surface area contributed by atoms with E-state index in [1.807, 2.05) is 36.4 Å². The van der Waals surface area contributed by atoms with Crippen molar-refractivity contribution >= 4 is 16.5 Å². The number of aromatic nitrogens is 1. The van der Waals surface area contributed by atoms with Gasteiger partial charge in [-0.05, 0) is 47.5 Å². The van der Waals surface area contributed by atoms with Gasteiger partial charge in [-0.1, -0.05) is 6.58 Å². The van der Waals surface area contributed by atoms with Gasteiger partial charge in [-0.2, -0.15) is 0 Å². The van der Waals surface area contributed by atoms with Gasteiger partial charge in [0.2, 0.25) is 5.75 Å². The minimum atomic E-state index is 0.558. The van der Waals surface area contributed by atoms with Crippen LogP contribution in [0.2, 0.25) is 0 Å². The summed E-state index contributed by atoms with van der Waals surface area (Å²) in [5.41, 5.74) is 3.64. The van der Waals surface area contributed by atoms with E-state index in [1.165, 1.54) is 0 Å². The zero-order chi connectivity index (χ0) is 18.0. The van der Waals surface area contributed by atoms with Crippen molar-refractivity contribution in [3.63, 3.8) is 0 Å². The van der Waals surface area contributed by atoms with E-state index in [2.05, 4.69) is 11.6 Å². The molecule has 0 aliphatic heterocycles. The van der Waals surface area contributed by atoms with Gasteiger partial charge >= 0.3 is 0 Å². The van der Waals surface area contributed by atoms with Crippen molar-refractivity contribution in [2.45, 2.75) is 0 Å². The Balaban J connectivity index is 2.05. The maximum Gasteiger partial charge on any atom is 0.203 e. The minimum Gasteiger partial charge on any atom is -0.497 e. The summed E-state index contributed by atoms with van der Waals surface area (Å²) in [5.74, 6) is 2.56. The Kier molecular flexibility index (Phi) is 4.57. The molecule has 25 heavy (non-hydrogen) atoms. The zero-order valence-electron chi connectivity index (χ0n) is 14.8. The summed E-state index contributed by atoms with van der Waals surface area (Å²) in [4.78, 5) is 3.38. The Hall–Kier alpha value is -3.08. The van der Waals surface area contributed by atoms with E-state index in [4.69, 9.17) is 18.9 Å². The SMILES string of the molecule is C=C(c1cc(OC)c(OC)c(OC)c1)c1cc2cc(OC)ccc2[nH]1. The van der Waals surface area contributed by atoms with Crippen LogP contribution in [-0.4, -0.2) is 33.4 Å². The molecule has 3 rings (SSSR count). The first-order chi connectivity index (χ1) is 12.1. The lowest BCUT2D eigenvalue weighted by Crippen LogP contribution is -1.97. The minimum absolute atomic E-state index is 0.558. The fourth-order valence-corrected chi connectivity index (χ4v) is 2.81. The number of fused-ring (bicyclic) bond motifs is 1. The number of ether oxygens (including phenoxy) is 4. The van der Waals surface area contributed by atoms with Gasteiger partial charge < -0.3 is 23.9 Å². The topological polar surface area (TPSA) is 52.7 Å². The van der Waals surface area contributed by atoms with E-state index in [9.17, 15) is 0 Å². The van der Waals surface area contributed by atoms with Gasteiger partial charge in [-0.3, -0.25) is 0 Å². The Morgan fingerprint density at radius 3 is 2.08 bits per heavy atom. The van der Waals surface area contributed by atoms with Gasteiger partial charge in [0.25, 0.3) is 0 Å². The second-order valence-electron chi connectivity index (χ2n) is 5.53. The van der Waals surface area contributed by atoms with E-state index >= 15 is 0 Å². The molecule has 0 spiro atoms. The molecule has 5 nitrogen and oxygen atoms in total. The predicted octanol–water partition coefficient (Wildman–Crippen LogP) is 4.26. The number of hydrogen-bond acceptors (Lipinski definition) is 4. The summed E-state index contributed by atoms with van der Waals surface area (Å²) < 4.78 is 21.5. The van der Waals surface area contributed by atoms with Crippen molar-refractivity contribution < 1.29 is 18.9 Å².